The first-order valence-corrected chi connectivity index (χ1v) is 7.82. The molecule has 0 saturated carbocycles. The van der Waals surface area contributed by atoms with Gasteiger partial charge in [0.25, 0.3) is 0 Å². The Hall–Kier alpha value is -2.47. The summed E-state index contributed by atoms with van der Waals surface area (Å²) >= 11 is 5.34. The highest BCUT2D eigenvalue weighted by Crippen LogP contribution is 2.34. The van der Waals surface area contributed by atoms with Crippen LogP contribution in [0.4, 0.5) is 5.69 Å². The Bertz CT molecular complexity index is 706. The highest BCUT2D eigenvalue weighted by molar-refractivity contribution is 7.80. The van der Waals surface area contributed by atoms with Gasteiger partial charge in [-0.2, -0.15) is 0 Å². The van der Waals surface area contributed by atoms with Gasteiger partial charge in [0.2, 0.25) is 6.79 Å². The van der Waals surface area contributed by atoms with E-state index < -0.39 is 0 Å². The number of hydrogen-bond acceptors (Lipinski definition) is 4. The van der Waals surface area contributed by atoms with Gasteiger partial charge in [-0.15, -0.1) is 0 Å². The van der Waals surface area contributed by atoms with Crippen LogP contribution in [0, 0.1) is 0 Å². The number of fused-ring (bicyclic) bond motifs is 1. The monoisotopic (exact) mass is 330 g/mol. The minimum Gasteiger partial charge on any atom is -0.494 e. The van der Waals surface area contributed by atoms with Gasteiger partial charge in [-0.05, 0) is 37.3 Å². The second kappa shape index (κ2) is 7.19. The van der Waals surface area contributed by atoms with Gasteiger partial charge in [0.05, 0.1) is 6.61 Å². The maximum Gasteiger partial charge on any atom is 0.231 e. The first-order valence-electron chi connectivity index (χ1n) is 7.41. The van der Waals surface area contributed by atoms with E-state index in [0.717, 1.165) is 28.5 Å². The Morgan fingerprint density at radius 1 is 1.17 bits per heavy atom. The largest absolute Gasteiger partial charge is 0.494 e. The molecule has 1 heterocycles. The minimum absolute atomic E-state index is 0.260. The Balaban J connectivity index is 1.58. The zero-order valence-electron chi connectivity index (χ0n) is 12.8. The van der Waals surface area contributed by atoms with Crippen molar-refractivity contribution in [3.8, 4) is 17.2 Å². The summed E-state index contributed by atoms with van der Waals surface area (Å²) < 4.78 is 16.2. The van der Waals surface area contributed by atoms with Crippen molar-refractivity contribution < 1.29 is 14.2 Å². The van der Waals surface area contributed by atoms with Gasteiger partial charge in [0.1, 0.15) is 5.75 Å². The molecular formula is C17H18N2O3S. The first-order chi connectivity index (χ1) is 11.3. The summed E-state index contributed by atoms with van der Waals surface area (Å²) in [5.74, 6) is 2.34. The third-order valence-electron chi connectivity index (χ3n) is 3.34. The van der Waals surface area contributed by atoms with Crippen LogP contribution in [-0.2, 0) is 6.54 Å². The van der Waals surface area contributed by atoms with Crippen LogP contribution in [0.2, 0.25) is 0 Å². The number of nitrogens with one attached hydrogen (secondary N) is 2. The molecule has 0 aliphatic carbocycles. The fraction of sp³-hybridized carbons (Fsp3) is 0.235. The Labute approximate surface area is 140 Å². The van der Waals surface area contributed by atoms with Crippen molar-refractivity contribution in [3.05, 3.63) is 48.0 Å². The third-order valence-corrected chi connectivity index (χ3v) is 3.59. The summed E-state index contributed by atoms with van der Waals surface area (Å²) in [7, 11) is 0. The van der Waals surface area contributed by atoms with Crippen molar-refractivity contribution >= 4 is 23.0 Å². The zero-order valence-corrected chi connectivity index (χ0v) is 13.6. The SMILES string of the molecule is CCOc1ccccc1CNC(=S)Nc1ccc2c(c1)OCO2. The highest BCUT2D eigenvalue weighted by atomic mass is 32.1. The second-order valence-corrected chi connectivity index (χ2v) is 5.32. The van der Waals surface area contributed by atoms with E-state index in [4.69, 9.17) is 26.4 Å². The van der Waals surface area contributed by atoms with Gasteiger partial charge in [-0.25, -0.2) is 0 Å². The lowest BCUT2D eigenvalue weighted by Gasteiger charge is -2.13. The average molecular weight is 330 g/mol. The van der Waals surface area contributed by atoms with Crippen molar-refractivity contribution in [1.82, 2.24) is 5.32 Å². The molecule has 3 rings (SSSR count). The van der Waals surface area contributed by atoms with Crippen LogP contribution < -0.4 is 24.8 Å². The maximum atomic E-state index is 5.60. The molecule has 2 aromatic carbocycles. The van der Waals surface area contributed by atoms with Crippen LogP contribution in [0.25, 0.3) is 0 Å². The number of thiocarbonyl (C=S) groups is 1. The molecule has 120 valence electrons. The summed E-state index contributed by atoms with van der Waals surface area (Å²) in [5.41, 5.74) is 1.91. The van der Waals surface area contributed by atoms with Crippen LogP contribution in [0.15, 0.2) is 42.5 Å². The van der Waals surface area contributed by atoms with E-state index in [9.17, 15) is 0 Å². The number of para-hydroxylation sites is 1. The fourth-order valence-corrected chi connectivity index (χ4v) is 2.46. The molecule has 2 N–H and O–H groups in total. The Kier molecular flexibility index (Phi) is 4.83. The smallest absolute Gasteiger partial charge is 0.231 e. The van der Waals surface area contributed by atoms with E-state index in [1.54, 1.807) is 0 Å². The molecule has 1 aliphatic heterocycles. The molecule has 0 radical (unpaired) electrons. The predicted molar refractivity (Wildman–Crippen MR) is 93.2 cm³/mol. The molecule has 0 unspecified atom stereocenters. The summed E-state index contributed by atoms with van der Waals surface area (Å²) in [6.07, 6.45) is 0. The Morgan fingerprint density at radius 2 is 2.00 bits per heavy atom. The number of ether oxygens (including phenoxy) is 3. The summed E-state index contributed by atoms with van der Waals surface area (Å²) in [6, 6.07) is 13.5. The number of benzene rings is 2. The van der Waals surface area contributed by atoms with E-state index in [1.165, 1.54) is 0 Å². The van der Waals surface area contributed by atoms with Crippen LogP contribution >= 0.6 is 12.2 Å². The van der Waals surface area contributed by atoms with E-state index >= 15 is 0 Å². The van der Waals surface area contributed by atoms with Crippen LogP contribution in [0.1, 0.15) is 12.5 Å². The van der Waals surface area contributed by atoms with Crippen molar-refractivity contribution in [1.29, 1.82) is 0 Å². The van der Waals surface area contributed by atoms with Gasteiger partial charge in [-0.3, -0.25) is 0 Å². The van der Waals surface area contributed by atoms with Crippen molar-refractivity contribution in [2.75, 3.05) is 18.7 Å². The number of hydrogen-bond donors (Lipinski definition) is 2. The molecule has 5 nitrogen and oxygen atoms in total. The number of anilines is 1. The van der Waals surface area contributed by atoms with E-state index in [2.05, 4.69) is 10.6 Å². The van der Waals surface area contributed by atoms with Crippen molar-refractivity contribution in [3.63, 3.8) is 0 Å². The highest BCUT2D eigenvalue weighted by Gasteiger charge is 2.13. The summed E-state index contributed by atoms with van der Waals surface area (Å²) in [6.45, 7) is 3.45. The van der Waals surface area contributed by atoms with Crippen LogP contribution in [-0.4, -0.2) is 18.5 Å². The van der Waals surface area contributed by atoms with Crippen LogP contribution in [0.3, 0.4) is 0 Å². The molecule has 6 heteroatoms. The van der Waals surface area contributed by atoms with Crippen molar-refractivity contribution in [2.45, 2.75) is 13.5 Å². The minimum atomic E-state index is 0.260. The summed E-state index contributed by atoms with van der Waals surface area (Å²) in [5, 5.41) is 6.86. The average Bonchev–Trinajstić information content (AvgIpc) is 3.02. The fourth-order valence-electron chi connectivity index (χ4n) is 2.27. The molecular weight excluding hydrogens is 312 g/mol. The van der Waals surface area contributed by atoms with Gasteiger partial charge in [-0.1, -0.05) is 18.2 Å². The first kappa shape index (κ1) is 15.4. The van der Waals surface area contributed by atoms with Crippen molar-refractivity contribution in [2.24, 2.45) is 0 Å². The van der Waals surface area contributed by atoms with Gasteiger partial charge >= 0.3 is 0 Å². The van der Waals surface area contributed by atoms with Gasteiger partial charge in [0.15, 0.2) is 16.6 Å². The lowest BCUT2D eigenvalue weighted by Crippen LogP contribution is -2.28. The lowest BCUT2D eigenvalue weighted by atomic mass is 10.2. The normalized spacial score (nSPS) is 11.9. The molecule has 0 bridgehead atoms. The zero-order chi connectivity index (χ0) is 16.1. The molecule has 0 atom stereocenters. The van der Waals surface area contributed by atoms with E-state index in [0.29, 0.717) is 18.3 Å². The van der Waals surface area contributed by atoms with E-state index in [1.807, 2.05) is 49.4 Å². The van der Waals surface area contributed by atoms with Crippen LogP contribution in [0.5, 0.6) is 17.2 Å². The quantitative estimate of drug-likeness (QED) is 0.821. The lowest BCUT2D eigenvalue weighted by molar-refractivity contribution is 0.174. The predicted octanol–water partition coefficient (Wildman–Crippen LogP) is 3.30. The molecule has 0 saturated heterocycles. The summed E-state index contributed by atoms with van der Waals surface area (Å²) in [4.78, 5) is 0. The molecule has 0 amide bonds. The number of rotatable bonds is 5. The van der Waals surface area contributed by atoms with Gasteiger partial charge < -0.3 is 24.8 Å². The molecule has 1 aliphatic rings. The Morgan fingerprint density at radius 3 is 2.87 bits per heavy atom. The van der Waals surface area contributed by atoms with E-state index in [-0.39, 0.29) is 6.79 Å². The molecule has 0 spiro atoms. The maximum absolute atomic E-state index is 5.60. The standard InChI is InChI=1S/C17H18N2O3S/c1-2-20-14-6-4-3-5-12(14)10-18-17(23)19-13-7-8-15-16(9-13)22-11-21-15/h3-9H,2,10-11H2,1H3,(H2,18,19,23). The molecule has 2 aromatic rings. The van der Waals surface area contributed by atoms with Gasteiger partial charge in [0, 0.05) is 23.9 Å². The third kappa shape index (κ3) is 3.84. The molecule has 0 aromatic heterocycles. The molecule has 0 fully saturated rings. The second-order valence-electron chi connectivity index (χ2n) is 4.92. The topological polar surface area (TPSA) is 51.8 Å². The molecule has 23 heavy (non-hydrogen) atoms.